The number of hydrogen-bond acceptors (Lipinski definition) is 4. The lowest BCUT2D eigenvalue weighted by Crippen LogP contribution is -2.16. The molecule has 0 aliphatic carbocycles. The molecule has 100 valence electrons. The summed E-state index contributed by atoms with van der Waals surface area (Å²) in [6.45, 7) is 5.35. The van der Waals surface area contributed by atoms with Crippen molar-refractivity contribution in [2.24, 2.45) is 5.14 Å². The van der Waals surface area contributed by atoms with Gasteiger partial charge in [-0.05, 0) is 44.0 Å². The third-order valence-electron chi connectivity index (χ3n) is 2.50. The number of carbonyl (C=O) groups excluding carboxylic acids is 1. The van der Waals surface area contributed by atoms with E-state index in [2.05, 4.69) is 0 Å². The first-order valence-corrected chi connectivity index (χ1v) is 7.14. The van der Waals surface area contributed by atoms with Crippen molar-refractivity contribution in [1.29, 1.82) is 0 Å². The fourth-order valence-corrected chi connectivity index (χ4v) is 2.01. The average Bonchev–Trinajstić information content (AvgIpc) is 2.26. The number of rotatable bonds is 4. The van der Waals surface area contributed by atoms with Crippen LogP contribution in [-0.2, 0) is 14.8 Å². The lowest BCUT2D eigenvalue weighted by atomic mass is 10.1. The van der Waals surface area contributed by atoms with Gasteiger partial charge in [-0.25, -0.2) is 18.4 Å². The van der Waals surface area contributed by atoms with Crippen molar-refractivity contribution in [3.05, 3.63) is 29.3 Å². The van der Waals surface area contributed by atoms with E-state index in [-0.39, 0.29) is 16.6 Å². The fourth-order valence-electron chi connectivity index (χ4n) is 1.36. The van der Waals surface area contributed by atoms with Gasteiger partial charge in [0.2, 0.25) is 10.0 Å². The first-order valence-electron chi connectivity index (χ1n) is 5.59. The van der Waals surface area contributed by atoms with Gasteiger partial charge in [-0.3, -0.25) is 0 Å². The number of hydrogen-bond donors (Lipinski definition) is 1. The molecule has 1 atom stereocenters. The molecule has 0 bridgehead atoms. The quantitative estimate of drug-likeness (QED) is 0.843. The molecular formula is C12H17NO4S. The second-order valence-electron chi connectivity index (χ2n) is 4.20. The maximum absolute atomic E-state index is 11.8. The summed E-state index contributed by atoms with van der Waals surface area (Å²) < 4.78 is 27.7. The van der Waals surface area contributed by atoms with E-state index in [0.717, 1.165) is 0 Å². The molecule has 0 aliphatic heterocycles. The molecule has 0 aliphatic rings. The Labute approximate surface area is 107 Å². The lowest BCUT2D eigenvalue weighted by molar-refractivity contribution is 0.0334. The summed E-state index contributed by atoms with van der Waals surface area (Å²) in [6, 6.07) is 4.21. The molecule has 2 N–H and O–H groups in total. The number of benzene rings is 1. The van der Waals surface area contributed by atoms with Crippen molar-refractivity contribution in [1.82, 2.24) is 0 Å². The van der Waals surface area contributed by atoms with Gasteiger partial charge in [-0.2, -0.15) is 0 Å². The predicted molar refractivity (Wildman–Crippen MR) is 67.7 cm³/mol. The molecule has 0 saturated heterocycles. The summed E-state index contributed by atoms with van der Waals surface area (Å²) in [5.74, 6) is -0.544. The van der Waals surface area contributed by atoms with Crippen LogP contribution in [0.15, 0.2) is 23.1 Å². The number of sulfonamides is 1. The molecule has 0 heterocycles. The molecule has 6 heteroatoms. The highest BCUT2D eigenvalue weighted by Gasteiger charge is 2.16. The Morgan fingerprint density at radius 2 is 2.00 bits per heavy atom. The molecular weight excluding hydrogens is 254 g/mol. The molecule has 1 unspecified atom stereocenters. The second-order valence-corrected chi connectivity index (χ2v) is 5.77. The smallest absolute Gasteiger partial charge is 0.338 e. The molecule has 5 nitrogen and oxygen atoms in total. The first-order chi connectivity index (χ1) is 8.24. The van der Waals surface area contributed by atoms with Crippen LogP contribution < -0.4 is 5.14 Å². The molecule has 0 fully saturated rings. The predicted octanol–water partition coefficient (Wildman–Crippen LogP) is 1.60. The minimum absolute atomic E-state index is 0.0846. The van der Waals surface area contributed by atoms with Gasteiger partial charge in [0.25, 0.3) is 0 Å². The monoisotopic (exact) mass is 271 g/mol. The molecule has 1 rings (SSSR count). The van der Waals surface area contributed by atoms with Gasteiger partial charge in [-0.1, -0.05) is 6.92 Å². The third kappa shape index (κ3) is 3.82. The van der Waals surface area contributed by atoms with E-state index in [1.165, 1.54) is 12.1 Å². The Balaban J connectivity index is 3.11. The zero-order valence-electron chi connectivity index (χ0n) is 10.6. The van der Waals surface area contributed by atoms with Crippen molar-refractivity contribution >= 4 is 16.0 Å². The van der Waals surface area contributed by atoms with Crippen LogP contribution >= 0.6 is 0 Å². The van der Waals surface area contributed by atoms with E-state index in [1.807, 2.05) is 6.92 Å². The molecule has 18 heavy (non-hydrogen) atoms. The second kappa shape index (κ2) is 5.49. The van der Waals surface area contributed by atoms with Crippen molar-refractivity contribution in [2.45, 2.75) is 38.2 Å². The number of esters is 1. The summed E-state index contributed by atoms with van der Waals surface area (Å²) >= 11 is 0. The Kier molecular flexibility index (Phi) is 4.48. The molecule has 0 amide bonds. The lowest BCUT2D eigenvalue weighted by Gasteiger charge is -2.11. The molecule has 0 spiro atoms. The van der Waals surface area contributed by atoms with Gasteiger partial charge in [0.15, 0.2) is 0 Å². The Hall–Kier alpha value is -1.40. The maximum Gasteiger partial charge on any atom is 0.338 e. The molecule has 0 radical (unpaired) electrons. The van der Waals surface area contributed by atoms with Gasteiger partial charge in [0, 0.05) is 0 Å². The van der Waals surface area contributed by atoms with E-state index in [1.54, 1.807) is 19.9 Å². The van der Waals surface area contributed by atoms with Gasteiger partial charge in [0.05, 0.1) is 16.6 Å². The van der Waals surface area contributed by atoms with Crippen LogP contribution in [0, 0.1) is 6.92 Å². The first kappa shape index (κ1) is 14.7. The molecule has 0 saturated carbocycles. The zero-order chi connectivity index (χ0) is 13.9. The van der Waals surface area contributed by atoms with Crippen LogP contribution in [0.5, 0.6) is 0 Å². The SMILES string of the molecule is CCC(C)OC(=O)c1cc(C)cc(S(N)(=O)=O)c1. The summed E-state index contributed by atoms with van der Waals surface area (Å²) in [7, 11) is -3.82. The van der Waals surface area contributed by atoms with Gasteiger partial charge in [-0.15, -0.1) is 0 Å². The van der Waals surface area contributed by atoms with Crippen LogP contribution in [0.3, 0.4) is 0 Å². The van der Waals surface area contributed by atoms with Gasteiger partial charge in [0.1, 0.15) is 0 Å². The van der Waals surface area contributed by atoms with E-state index in [9.17, 15) is 13.2 Å². The number of aryl methyl sites for hydroxylation is 1. The van der Waals surface area contributed by atoms with E-state index in [4.69, 9.17) is 9.88 Å². The minimum Gasteiger partial charge on any atom is -0.459 e. The van der Waals surface area contributed by atoms with E-state index in [0.29, 0.717) is 12.0 Å². The maximum atomic E-state index is 11.8. The van der Waals surface area contributed by atoms with Gasteiger partial charge >= 0.3 is 5.97 Å². The average molecular weight is 271 g/mol. The number of primary sulfonamides is 1. The van der Waals surface area contributed by atoms with Crippen LogP contribution in [-0.4, -0.2) is 20.5 Å². The molecule has 1 aromatic carbocycles. The van der Waals surface area contributed by atoms with Crippen molar-refractivity contribution in [2.75, 3.05) is 0 Å². The van der Waals surface area contributed by atoms with E-state index >= 15 is 0 Å². The Morgan fingerprint density at radius 3 is 2.50 bits per heavy atom. The van der Waals surface area contributed by atoms with Crippen molar-refractivity contribution in [3.8, 4) is 0 Å². The summed E-state index contributed by atoms with van der Waals surface area (Å²) in [4.78, 5) is 11.7. The highest BCUT2D eigenvalue weighted by molar-refractivity contribution is 7.89. The van der Waals surface area contributed by atoms with Crippen LogP contribution in [0.1, 0.15) is 36.2 Å². The standard InChI is InChI=1S/C12H17NO4S/c1-4-9(3)17-12(14)10-5-8(2)6-11(7-10)18(13,15)16/h5-7,9H,4H2,1-3H3,(H2,13,15,16). The summed E-state index contributed by atoms with van der Waals surface area (Å²) in [5, 5.41) is 5.04. The number of nitrogens with two attached hydrogens (primary N) is 1. The highest BCUT2D eigenvalue weighted by Crippen LogP contribution is 2.15. The zero-order valence-corrected chi connectivity index (χ0v) is 11.5. The molecule has 0 aromatic heterocycles. The Morgan fingerprint density at radius 1 is 1.39 bits per heavy atom. The van der Waals surface area contributed by atoms with E-state index < -0.39 is 16.0 Å². The number of ether oxygens (including phenoxy) is 1. The van der Waals surface area contributed by atoms with Gasteiger partial charge < -0.3 is 4.74 Å². The minimum atomic E-state index is -3.82. The molecule has 1 aromatic rings. The topological polar surface area (TPSA) is 86.5 Å². The summed E-state index contributed by atoms with van der Waals surface area (Å²) in [5.41, 5.74) is 0.831. The normalized spacial score (nSPS) is 13.1. The van der Waals surface area contributed by atoms with Crippen LogP contribution in [0.4, 0.5) is 0 Å². The number of carbonyl (C=O) groups is 1. The third-order valence-corrected chi connectivity index (χ3v) is 3.39. The van der Waals surface area contributed by atoms with Crippen molar-refractivity contribution in [3.63, 3.8) is 0 Å². The largest absolute Gasteiger partial charge is 0.459 e. The Bertz CT molecular complexity index is 551. The fraction of sp³-hybridized carbons (Fsp3) is 0.417. The van der Waals surface area contributed by atoms with Crippen LogP contribution in [0.25, 0.3) is 0 Å². The van der Waals surface area contributed by atoms with Crippen molar-refractivity contribution < 1.29 is 17.9 Å². The van der Waals surface area contributed by atoms with Crippen LogP contribution in [0.2, 0.25) is 0 Å². The summed E-state index contributed by atoms with van der Waals surface area (Å²) in [6.07, 6.45) is 0.482. The highest BCUT2D eigenvalue weighted by atomic mass is 32.2.